The Labute approximate surface area is 95.1 Å². The number of hydrogen-bond acceptors (Lipinski definition) is 2. The first-order valence-electron chi connectivity index (χ1n) is 4.25. The highest BCUT2D eigenvalue weighted by Gasteiger charge is 2.32. The van der Waals surface area contributed by atoms with Crippen molar-refractivity contribution in [3.05, 3.63) is 35.7 Å². The summed E-state index contributed by atoms with van der Waals surface area (Å²) in [7, 11) is 0. The van der Waals surface area contributed by atoms with Gasteiger partial charge >= 0.3 is 6.36 Å². The third-order valence-corrected chi connectivity index (χ3v) is 1.81. The fourth-order valence-electron chi connectivity index (χ4n) is 1.02. The maximum Gasteiger partial charge on any atom is 0.573 e. The van der Waals surface area contributed by atoms with Crippen molar-refractivity contribution in [3.63, 3.8) is 0 Å². The van der Waals surface area contributed by atoms with Crippen molar-refractivity contribution < 1.29 is 22.3 Å². The number of thiol groups is 1. The van der Waals surface area contributed by atoms with Crippen LogP contribution in [0.2, 0.25) is 0 Å². The SMILES string of the molecule is Fc1cc(C=CCS)ccc1OC(F)(F)F. The minimum atomic E-state index is -4.89. The number of halogens is 4. The number of alkyl halides is 3. The predicted octanol–water partition coefficient (Wildman–Crippen LogP) is 3.67. The molecule has 0 fully saturated rings. The standard InChI is InChI=1S/C10H8F4OS/c11-8-6-7(2-1-5-16)3-4-9(8)15-10(12,13)14/h1-4,6,16H,5H2. The molecule has 0 radical (unpaired) electrons. The summed E-state index contributed by atoms with van der Waals surface area (Å²) in [6.45, 7) is 0. The Bertz CT molecular complexity index is 387. The van der Waals surface area contributed by atoms with E-state index in [1.165, 1.54) is 6.07 Å². The van der Waals surface area contributed by atoms with Crippen molar-refractivity contribution in [2.75, 3.05) is 5.75 Å². The number of ether oxygens (including phenoxy) is 1. The lowest BCUT2D eigenvalue weighted by Gasteiger charge is -2.09. The Balaban J connectivity index is 2.87. The third kappa shape index (κ3) is 4.14. The zero-order chi connectivity index (χ0) is 12.2. The summed E-state index contributed by atoms with van der Waals surface area (Å²) in [6, 6.07) is 3.21. The fourth-order valence-corrected chi connectivity index (χ4v) is 1.12. The highest BCUT2D eigenvalue weighted by Crippen LogP contribution is 2.26. The van der Waals surface area contributed by atoms with E-state index in [9.17, 15) is 17.6 Å². The predicted molar refractivity (Wildman–Crippen MR) is 56.0 cm³/mol. The van der Waals surface area contributed by atoms with Crippen LogP contribution in [-0.2, 0) is 0 Å². The molecule has 16 heavy (non-hydrogen) atoms. The molecule has 0 aliphatic rings. The second-order valence-electron chi connectivity index (χ2n) is 2.82. The van der Waals surface area contributed by atoms with Gasteiger partial charge in [0.05, 0.1) is 0 Å². The van der Waals surface area contributed by atoms with Gasteiger partial charge < -0.3 is 4.74 Å². The van der Waals surface area contributed by atoms with Crippen LogP contribution in [0.25, 0.3) is 6.08 Å². The van der Waals surface area contributed by atoms with Gasteiger partial charge in [0, 0.05) is 5.75 Å². The topological polar surface area (TPSA) is 9.23 Å². The van der Waals surface area contributed by atoms with Crippen molar-refractivity contribution in [3.8, 4) is 5.75 Å². The Morgan fingerprint density at radius 1 is 1.31 bits per heavy atom. The van der Waals surface area contributed by atoms with Gasteiger partial charge in [-0.15, -0.1) is 13.2 Å². The first-order valence-corrected chi connectivity index (χ1v) is 4.88. The van der Waals surface area contributed by atoms with E-state index in [1.54, 1.807) is 12.2 Å². The average Bonchev–Trinajstić information content (AvgIpc) is 2.17. The minimum absolute atomic E-state index is 0.445. The summed E-state index contributed by atoms with van der Waals surface area (Å²) in [4.78, 5) is 0. The van der Waals surface area contributed by atoms with E-state index in [-0.39, 0.29) is 0 Å². The molecule has 0 saturated carbocycles. The summed E-state index contributed by atoms with van der Waals surface area (Å²) in [6.07, 6.45) is -1.70. The molecule has 0 spiro atoms. The average molecular weight is 252 g/mol. The Morgan fingerprint density at radius 2 is 2.00 bits per heavy atom. The molecule has 0 N–H and O–H groups in total. The van der Waals surface area contributed by atoms with Crippen LogP contribution in [0.1, 0.15) is 5.56 Å². The molecule has 0 aliphatic carbocycles. The summed E-state index contributed by atoms with van der Waals surface area (Å²) >= 11 is 3.90. The van der Waals surface area contributed by atoms with Gasteiger partial charge in [-0.05, 0) is 17.7 Å². The molecule has 0 unspecified atom stereocenters. The second kappa shape index (κ2) is 5.25. The summed E-state index contributed by atoms with van der Waals surface area (Å²) in [5.74, 6) is -1.43. The van der Waals surface area contributed by atoms with Crippen LogP contribution < -0.4 is 4.74 Å². The van der Waals surface area contributed by atoms with Gasteiger partial charge in [0.1, 0.15) is 0 Å². The number of hydrogen-bond donors (Lipinski definition) is 1. The van der Waals surface area contributed by atoms with Crippen molar-refractivity contribution >= 4 is 18.7 Å². The van der Waals surface area contributed by atoms with E-state index < -0.39 is 17.9 Å². The molecule has 0 bridgehead atoms. The monoisotopic (exact) mass is 252 g/mol. The van der Waals surface area contributed by atoms with Gasteiger partial charge in [0.15, 0.2) is 11.6 Å². The summed E-state index contributed by atoms with van der Waals surface area (Å²) in [5, 5.41) is 0. The highest BCUT2D eigenvalue weighted by atomic mass is 32.1. The maximum absolute atomic E-state index is 13.1. The van der Waals surface area contributed by atoms with Gasteiger partial charge in [-0.3, -0.25) is 0 Å². The van der Waals surface area contributed by atoms with Gasteiger partial charge in [0.25, 0.3) is 0 Å². The largest absolute Gasteiger partial charge is 0.573 e. The molecule has 0 heterocycles. The number of rotatable bonds is 3. The van der Waals surface area contributed by atoms with E-state index in [1.807, 2.05) is 0 Å². The van der Waals surface area contributed by atoms with E-state index in [4.69, 9.17) is 0 Å². The van der Waals surface area contributed by atoms with Crippen molar-refractivity contribution in [1.82, 2.24) is 0 Å². The van der Waals surface area contributed by atoms with E-state index in [0.717, 1.165) is 12.1 Å². The molecule has 0 amide bonds. The Morgan fingerprint density at radius 3 is 2.50 bits per heavy atom. The normalized spacial score (nSPS) is 12.1. The van der Waals surface area contributed by atoms with E-state index in [0.29, 0.717) is 11.3 Å². The molecule has 1 nitrogen and oxygen atoms in total. The molecule has 0 aliphatic heterocycles. The third-order valence-electron chi connectivity index (χ3n) is 1.60. The summed E-state index contributed by atoms with van der Waals surface area (Å²) < 4.78 is 52.0. The molecular formula is C10H8F4OS. The maximum atomic E-state index is 13.1. The fraction of sp³-hybridized carbons (Fsp3) is 0.200. The van der Waals surface area contributed by atoms with E-state index in [2.05, 4.69) is 17.4 Å². The quantitative estimate of drug-likeness (QED) is 0.638. The lowest BCUT2D eigenvalue weighted by Crippen LogP contribution is -2.17. The summed E-state index contributed by atoms with van der Waals surface area (Å²) in [5.41, 5.74) is 0.445. The van der Waals surface area contributed by atoms with Crippen LogP contribution in [0.5, 0.6) is 5.75 Å². The van der Waals surface area contributed by atoms with Crippen LogP contribution in [-0.4, -0.2) is 12.1 Å². The van der Waals surface area contributed by atoms with Crippen molar-refractivity contribution in [1.29, 1.82) is 0 Å². The molecule has 1 rings (SSSR count). The van der Waals surface area contributed by atoms with Crippen molar-refractivity contribution in [2.45, 2.75) is 6.36 Å². The van der Waals surface area contributed by atoms with E-state index >= 15 is 0 Å². The first-order chi connectivity index (χ1) is 7.42. The van der Waals surface area contributed by atoms with Gasteiger partial charge in [-0.1, -0.05) is 18.2 Å². The van der Waals surface area contributed by atoms with Crippen LogP contribution >= 0.6 is 12.6 Å². The molecule has 0 atom stereocenters. The molecule has 0 aromatic heterocycles. The first kappa shape index (κ1) is 12.9. The number of benzene rings is 1. The molecular weight excluding hydrogens is 244 g/mol. The van der Waals surface area contributed by atoms with Gasteiger partial charge in [-0.25, -0.2) is 4.39 Å². The molecule has 1 aromatic rings. The zero-order valence-electron chi connectivity index (χ0n) is 7.96. The highest BCUT2D eigenvalue weighted by molar-refractivity contribution is 7.80. The molecule has 0 saturated heterocycles. The zero-order valence-corrected chi connectivity index (χ0v) is 8.86. The second-order valence-corrected chi connectivity index (χ2v) is 3.19. The smallest absolute Gasteiger partial charge is 0.403 e. The minimum Gasteiger partial charge on any atom is -0.403 e. The molecule has 6 heteroatoms. The van der Waals surface area contributed by atoms with Crippen LogP contribution in [0.3, 0.4) is 0 Å². The molecule has 88 valence electrons. The van der Waals surface area contributed by atoms with Crippen LogP contribution in [0, 0.1) is 5.82 Å². The van der Waals surface area contributed by atoms with Crippen molar-refractivity contribution in [2.24, 2.45) is 0 Å². The lowest BCUT2D eigenvalue weighted by molar-refractivity contribution is -0.275. The lowest BCUT2D eigenvalue weighted by atomic mass is 10.2. The Hall–Kier alpha value is -1.17. The van der Waals surface area contributed by atoms with Gasteiger partial charge in [-0.2, -0.15) is 12.6 Å². The molecule has 1 aromatic carbocycles. The Kier molecular flexibility index (Phi) is 4.23. The van der Waals surface area contributed by atoms with Gasteiger partial charge in [0.2, 0.25) is 0 Å². The van der Waals surface area contributed by atoms with Crippen LogP contribution in [0.15, 0.2) is 24.3 Å². The van der Waals surface area contributed by atoms with Crippen LogP contribution in [0.4, 0.5) is 17.6 Å².